The van der Waals surface area contributed by atoms with Gasteiger partial charge >= 0.3 is 5.97 Å². The second kappa shape index (κ2) is 5.24. The van der Waals surface area contributed by atoms with Crippen LogP contribution in [0.1, 0.15) is 23.8 Å². The Morgan fingerprint density at radius 2 is 2.59 bits per heavy atom. The largest absolute Gasteiger partial charge is 0.476 e. The van der Waals surface area contributed by atoms with Gasteiger partial charge in [0, 0.05) is 19.2 Å². The molecule has 1 aromatic rings. The van der Waals surface area contributed by atoms with E-state index in [1.54, 1.807) is 0 Å². The van der Waals surface area contributed by atoms with Gasteiger partial charge in [0.05, 0.1) is 18.8 Å². The van der Waals surface area contributed by atoms with Crippen molar-refractivity contribution in [2.45, 2.75) is 32.0 Å². The second-order valence-corrected chi connectivity index (χ2v) is 4.10. The molecule has 2 unspecified atom stereocenters. The summed E-state index contributed by atoms with van der Waals surface area (Å²) in [7, 11) is 0. The maximum absolute atomic E-state index is 10.6. The zero-order chi connectivity index (χ0) is 12.3. The van der Waals surface area contributed by atoms with Crippen molar-refractivity contribution in [2.24, 2.45) is 0 Å². The summed E-state index contributed by atoms with van der Waals surface area (Å²) in [4.78, 5) is 10.6. The summed E-state index contributed by atoms with van der Waals surface area (Å²) in [6, 6.07) is 0.373. The van der Waals surface area contributed by atoms with E-state index >= 15 is 0 Å². The summed E-state index contributed by atoms with van der Waals surface area (Å²) in [6.07, 6.45) is 2.68. The first-order chi connectivity index (χ1) is 8.16. The molecule has 2 atom stereocenters. The summed E-state index contributed by atoms with van der Waals surface area (Å²) in [6.45, 7) is 4.16. The number of aromatic carboxylic acids is 1. The molecule has 2 heterocycles. The van der Waals surface area contributed by atoms with E-state index in [1.165, 1.54) is 10.9 Å². The van der Waals surface area contributed by atoms with Gasteiger partial charge in [0.15, 0.2) is 5.69 Å². The Balaban J connectivity index is 1.76. The zero-order valence-electron chi connectivity index (χ0n) is 9.67. The molecule has 1 aromatic heterocycles. The third kappa shape index (κ3) is 3.01. The third-order valence-electron chi connectivity index (χ3n) is 2.88. The number of carboxylic acids is 1. The lowest BCUT2D eigenvalue weighted by Crippen LogP contribution is -2.36. The van der Waals surface area contributed by atoms with E-state index in [1.807, 2.05) is 6.92 Å². The van der Waals surface area contributed by atoms with Crippen LogP contribution in [0.15, 0.2) is 6.20 Å². The normalized spacial score (nSPS) is 24.1. The first-order valence-electron chi connectivity index (χ1n) is 5.65. The van der Waals surface area contributed by atoms with Gasteiger partial charge in [0.25, 0.3) is 0 Å². The van der Waals surface area contributed by atoms with E-state index in [9.17, 15) is 4.79 Å². The lowest BCUT2D eigenvalue weighted by Gasteiger charge is -2.15. The van der Waals surface area contributed by atoms with Crippen LogP contribution in [0.2, 0.25) is 0 Å². The summed E-state index contributed by atoms with van der Waals surface area (Å²) in [5, 5.41) is 19.3. The molecular formula is C10H16N4O3. The minimum Gasteiger partial charge on any atom is -0.476 e. The highest BCUT2D eigenvalue weighted by atomic mass is 16.5. The molecule has 0 spiro atoms. The van der Waals surface area contributed by atoms with Crippen molar-refractivity contribution >= 4 is 5.97 Å². The average molecular weight is 240 g/mol. The van der Waals surface area contributed by atoms with Crippen LogP contribution in [-0.4, -0.2) is 51.4 Å². The molecular weight excluding hydrogens is 224 g/mol. The molecule has 1 aliphatic heterocycles. The molecule has 0 saturated carbocycles. The van der Waals surface area contributed by atoms with Crippen LogP contribution in [0.4, 0.5) is 0 Å². The Kier molecular flexibility index (Phi) is 3.70. The number of hydrogen-bond acceptors (Lipinski definition) is 5. The minimum atomic E-state index is -1.05. The number of ether oxygens (including phenoxy) is 1. The van der Waals surface area contributed by atoms with Crippen LogP contribution in [0.5, 0.6) is 0 Å². The summed E-state index contributed by atoms with van der Waals surface area (Å²) >= 11 is 0. The summed E-state index contributed by atoms with van der Waals surface area (Å²) in [5.41, 5.74) is -0.0254. The molecule has 0 amide bonds. The predicted molar refractivity (Wildman–Crippen MR) is 58.8 cm³/mol. The van der Waals surface area contributed by atoms with Gasteiger partial charge in [-0.05, 0) is 13.3 Å². The number of carboxylic acid groups (broad SMARTS) is 1. The van der Waals surface area contributed by atoms with Crippen LogP contribution < -0.4 is 5.32 Å². The molecule has 0 radical (unpaired) electrons. The van der Waals surface area contributed by atoms with Crippen molar-refractivity contribution in [2.75, 3.05) is 13.2 Å². The van der Waals surface area contributed by atoms with E-state index in [0.717, 1.165) is 19.6 Å². The molecule has 1 saturated heterocycles. The average Bonchev–Trinajstić information content (AvgIpc) is 2.89. The first kappa shape index (κ1) is 12.0. The van der Waals surface area contributed by atoms with Crippen molar-refractivity contribution < 1.29 is 14.6 Å². The van der Waals surface area contributed by atoms with Crippen LogP contribution in [0.25, 0.3) is 0 Å². The fraction of sp³-hybridized carbons (Fsp3) is 0.700. The minimum absolute atomic E-state index is 0.0254. The Labute approximate surface area is 98.8 Å². The highest BCUT2D eigenvalue weighted by molar-refractivity contribution is 5.84. The van der Waals surface area contributed by atoms with Crippen molar-refractivity contribution in [3.63, 3.8) is 0 Å². The molecule has 0 aromatic carbocycles. The lowest BCUT2D eigenvalue weighted by atomic mass is 10.1. The first-order valence-corrected chi connectivity index (χ1v) is 5.65. The van der Waals surface area contributed by atoms with Gasteiger partial charge in [-0.2, -0.15) is 0 Å². The maximum Gasteiger partial charge on any atom is 0.358 e. The Morgan fingerprint density at radius 3 is 3.18 bits per heavy atom. The number of nitrogens with zero attached hydrogens (tertiary/aromatic N) is 3. The molecule has 2 N–H and O–H groups in total. The van der Waals surface area contributed by atoms with Crippen molar-refractivity contribution in [1.29, 1.82) is 0 Å². The summed E-state index contributed by atoms with van der Waals surface area (Å²) in [5.74, 6) is -1.05. The highest BCUT2D eigenvalue weighted by Gasteiger charge is 2.23. The van der Waals surface area contributed by atoms with Crippen LogP contribution >= 0.6 is 0 Å². The predicted octanol–water partition coefficient (Wildman–Crippen LogP) is -0.257. The number of carbonyl (C=O) groups is 1. The Hall–Kier alpha value is -1.47. The van der Waals surface area contributed by atoms with Gasteiger partial charge in [-0.15, -0.1) is 5.10 Å². The fourth-order valence-electron chi connectivity index (χ4n) is 1.87. The molecule has 0 bridgehead atoms. The SMILES string of the molecule is CC1OCCC1NCCn1cc(C(=O)O)nn1. The topological polar surface area (TPSA) is 89.3 Å². The molecule has 1 fully saturated rings. The monoisotopic (exact) mass is 240 g/mol. The van der Waals surface area contributed by atoms with Gasteiger partial charge < -0.3 is 15.2 Å². The van der Waals surface area contributed by atoms with E-state index in [4.69, 9.17) is 9.84 Å². The maximum atomic E-state index is 10.6. The Bertz CT molecular complexity index is 393. The lowest BCUT2D eigenvalue weighted by molar-refractivity contribution is 0.0690. The van der Waals surface area contributed by atoms with Gasteiger partial charge in [-0.1, -0.05) is 5.21 Å². The molecule has 7 heteroatoms. The zero-order valence-corrected chi connectivity index (χ0v) is 9.67. The van der Waals surface area contributed by atoms with Crippen molar-refractivity contribution in [3.05, 3.63) is 11.9 Å². The van der Waals surface area contributed by atoms with Crippen molar-refractivity contribution in [3.8, 4) is 0 Å². The van der Waals surface area contributed by atoms with Gasteiger partial charge in [0.1, 0.15) is 0 Å². The molecule has 1 aliphatic rings. The standard InChI is InChI=1S/C10H16N4O3/c1-7-8(2-5-17-7)11-3-4-14-6-9(10(15)16)12-13-14/h6-8,11H,2-5H2,1H3,(H,15,16). The molecule has 2 rings (SSSR count). The molecule has 17 heavy (non-hydrogen) atoms. The third-order valence-corrected chi connectivity index (χ3v) is 2.88. The fourth-order valence-corrected chi connectivity index (χ4v) is 1.87. The molecule has 7 nitrogen and oxygen atoms in total. The summed E-state index contributed by atoms with van der Waals surface area (Å²) < 4.78 is 6.95. The second-order valence-electron chi connectivity index (χ2n) is 4.10. The molecule has 0 aliphatic carbocycles. The highest BCUT2D eigenvalue weighted by Crippen LogP contribution is 2.11. The van der Waals surface area contributed by atoms with E-state index in [0.29, 0.717) is 12.6 Å². The number of rotatable bonds is 5. The quantitative estimate of drug-likeness (QED) is 0.737. The Morgan fingerprint density at radius 1 is 1.76 bits per heavy atom. The van der Waals surface area contributed by atoms with E-state index in [2.05, 4.69) is 15.6 Å². The van der Waals surface area contributed by atoms with Crippen molar-refractivity contribution in [1.82, 2.24) is 20.3 Å². The van der Waals surface area contributed by atoms with Gasteiger partial charge in [-0.25, -0.2) is 4.79 Å². The van der Waals surface area contributed by atoms with Gasteiger partial charge in [0.2, 0.25) is 0 Å². The molecule has 94 valence electrons. The number of aromatic nitrogens is 3. The number of nitrogens with one attached hydrogen (secondary N) is 1. The van der Waals surface area contributed by atoms with Crippen LogP contribution in [0.3, 0.4) is 0 Å². The van der Waals surface area contributed by atoms with E-state index in [-0.39, 0.29) is 11.8 Å². The van der Waals surface area contributed by atoms with E-state index < -0.39 is 5.97 Å². The van der Waals surface area contributed by atoms with Gasteiger partial charge in [-0.3, -0.25) is 4.68 Å². The number of hydrogen-bond donors (Lipinski definition) is 2. The smallest absolute Gasteiger partial charge is 0.358 e. The van der Waals surface area contributed by atoms with Crippen LogP contribution in [-0.2, 0) is 11.3 Å². The van der Waals surface area contributed by atoms with Crippen LogP contribution in [0, 0.1) is 0 Å².